The minimum absolute atomic E-state index is 0.0302. The van der Waals surface area contributed by atoms with Gasteiger partial charge in [-0.1, -0.05) is 0 Å². The van der Waals surface area contributed by atoms with Gasteiger partial charge in [0.1, 0.15) is 0 Å². The van der Waals surface area contributed by atoms with Crippen LogP contribution in [0.2, 0.25) is 0 Å². The first kappa shape index (κ1) is 17.1. The Labute approximate surface area is 145 Å². The normalized spacial score (nSPS) is 34.7. The van der Waals surface area contributed by atoms with Gasteiger partial charge in [-0.2, -0.15) is 0 Å². The SMILES string of the molecule is O=C(C1CC(F)(F)C1)N1C[C@@H]2[C@H](CC(=O)N3CCCCO3)CO[C@@H]2C1. The molecule has 1 saturated carbocycles. The summed E-state index contributed by atoms with van der Waals surface area (Å²) in [5.74, 6) is -3.29. The van der Waals surface area contributed by atoms with Gasteiger partial charge in [0, 0.05) is 50.7 Å². The average molecular weight is 358 g/mol. The van der Waals surface area contributed by atoms with Crippen LogP contribution in [0, 0.1) is 17.8 Å². The van der Waals surface area contributed by atoms with Gasteiger partial charge in [-0.15, -0.1) is 0 Å². The second-order valence-electron chi connectivity index (χ2n) is 7.74. The van der Waals surface area contributed by atoms with Gasteiger partial charge in [0.25, 0.3) is 0 Å². The van der Waals surface area contributed by atoms with Crippen LogP contribution in [-0.2, 0) is 19.2 Å². The third kappa shape index (κ3) is 3.38. The molecule has 0 spiro atoms. The van der Waals surface area contributed by atoms with Crippen molar-refractivity contribution in [2.45, 2.75) is 44.1 Å². The molecule has 0 aromatic rings. The monoisotopic (exact) mass is 358 g/mol. The average Bonchev–Trinajstić information content (AvgIpc) is 3.14. The standard InChI is InChI=1S/C17H24F2N2O4/c18-17(19)6-12(7-17)16(23)20-8-13-11(10-24-14(13)9-20)5-15(22)21-3-1-2-4-25-21/h11-14H,1-10H2/t11-,13-,14-/m1/s1. The Bertz CT molecular complexity index is 545. The Morgan fingerprint density at radius 2 is 1.96 bits per heavy atom. The number of hydrogen-bond donors (Lipinski definition) is 0. The fraction of sp³-hybridized carbons (Fsp3) is 0.882. The Kier molecular flexibility index (Phi) is 4.43. The maximum absolute atomic E-state index is 13.0. The van der Waals surface area contributed by atoms with Crippen molar-refractivity contribution in [3.05, 3.63) is 0 Å². The molecule has 0 bridgehead atoms. The van der Waals surface area contributed by atoms with Gasteiger partial charge in [0.05, 0.1) is 19.3 Å². The molecule has 3 saturated heterocycles. The van der Waals surface area contributed by atoms with Crippen LogP contribution in [-0.4, -0.2) is 66.7 Å². The first-order valence-corrected chi connectivity index (χ1v) is 9.14. The highest BCUT2D eigenvalue weighted by molar-refractivity contribution is 5.80. The van der Waals surface area contributed by atoms with Gasteiger partial charge >= 0.3 is 0 Å². The molecule has 0 radical (unpaired) electrons. The molecule has 3 atom stereocenters. The molecule has 3 aliphatic heterocycles. The van der Waals surface area contributed by atoms with Crippen LogP contribution in [0.25, 0.3) is 0 Å². The zero-order valence-electron chi connectivity index (χ0n) is 14.2. The Morgan fingerprint density at radius 1 is 1.16 bits per heavy atom. The largest absolute Gasteiger partial charge is 0.376 e. The molecule has 4 rings (SSSR count). The van der Waals surface area contributed by atoms with Crippen LogP contribution in [0.4, 0.5) is 8.78 Å². The van der Waals surface area contributed by atoms with E-state index in [1.807, 2.05) is 0 Å². The van der Waals surface area contributed by atoms with Crippen LogP contribution in [0.15, 0.2) is 0 Å². The van der Waals surface area contributed by atoms with E-state index in [1.54, 1.807) is 4.90 Å². The van der Waals surface area contributed by atoms with Crippen molar-refractivity contribution >= 4 is 11.8 Å². The van der Waals surface area contributed by atoms with E-state index in [0.717, 1.165) is 12.8 Å². The predicted octanol–water partition coefficient (Wildman–Crippen LogP) is 1.45. The van der Waals surface area contributed by atoms with Crippen molar-refractivity contribution in [2.24, 2.45) is 17.8 Å². The molecule has 2 amide bonds. The summed E-state index contributed by atoms with van der Waals surface area (Å²) in [6, 6.07) is 0. The summed E-state index contributed by atoms with van der Waals surface area (Å²) in [5, 5.41) is 1.45. The lowest BCUT2D eigenvalue weighted by Crippen LogP contribution is -2.46. The lowest BCUT2D eigenvalue weighted by atomic mass is 9.80. The van der Waals surface area contributed by atoms with Crippen LogP contribution >= 0.6 is 0 Å². The van der Waals surface area contributed by atoms with E-state index in [0.29, 0.717) is 39.3 Å². The Hall–Kier alpha value is -1.28. The zero-order chi connectivity index (χ0) is 17.6. The van der Waals surface area contributed by atoms with E-state index >= 15 is 0 Å². The molecular formula is C17H24F2N2O4. The minimum Gasteiger partial charge on any atom is -0.376 e. The lowest BCUT2D eigenvalue weighted by Gasteiger charge is -2.36. The van der Waals surface area contributed by atoms with Crippen molar-refractivity contribution in [3.8, 4) is 0 Å². The molecule has 3 heterocycles. The summed E-state index contributed by atoms with van der Waals surface area (Å²) in [6.07, 6.45) is 1.51. The number of likely N-dealkylation sites (tertiary alicyclic amines) is 1. The number of alkyl halides is 2. The third-order valence-corrected chi connectivity index (χ3v) is 5.91. The molecule has 0 aromatic heterocycles. The van der Waals surface area contributed by atoms with Crippen molar-refractivity contribution in [3.63, 3.8) is 0 Å². The molecule has 0 aromatic carbocycles. The van der Waals surface area contributed by atoms with E-state index in [1.165, 1.54) is 5.06 Å². The van der Waals surface area contributed by atoms with E-state index < -0.39 is 11.8 Å². The number of amides is 2. The van der Waals surface area contributed by atoms with E-state index in [2.05, 4.69) is 0 Å². The maximum Gasteiger partial charge on any atom is 0.249 e. The summed E-state index contributed by atoms with van der Waals surface area (Å²) in [7, 11) is 0. The highest BCUT2D eigenvalue weighted by Crippen LogP contribution is 2.44. The van der Waals surface area contributed by atoms with Crippen LogP contribution in [0.5, 0.6) is 0 Å². The lowest BCUT2D eigenvalue weighted by molar-refractivity contribution is -0.198. The van der Waals surface area contributed by atoms with Gasteiger partial charge in [-0.25, -0.2) is 13.8 Å². The second kappa shape index (κ2) is 6.46. The Balaban J connectivity index is 1.30. The molecule has 140 valence electrons. The fourth-order valence-corrected chi connectivity index (χ4v) is 4.40. The molecular weight excluding hydrogens is 334 g/mol. The highest BCUT2D eigenvalue weighted by atomic mass is 19.3. The fourth-order valence-electron chi connectivity index (χ4n) is 4.40. The van der Waals surface area contributed by atoms with Crippen LogP contribution in [0.1, 0.15) is 32.1 Å². The number of rotatable bonds is 3. The number of ether oxygens (including phenoxy) is 1. The van der Waals surface area contributed by atoms with Crippen LogP contribution in [0.3, 0.4) is 0 Å². The van der Waals surface area contributed by atoms with Crippen molar-refractivity contribution in [2.75, 3.05) is 32.8 Å². The second-order valence-corrected chi connectivity index (χ2v) is 7.74. The predicted molar refractivity (Wildman–Crippen MR) is 82.5 cm³/mol. The third-order valence-electron chi connectivity index (χ3n) is 5.91. The number of carbonyl (C=O) groups excluding carboxylic acids is 2. The number of nitrogens with zero attached hydrogens (tertiary/aromatic N) is 2. The molecule has 8 heteroatoms. The topological polar surface area (TPSA) is 59.1 Å². The van der Waals surface area contributed by atoms with Gasteiger partial charge in [-0.05, 0) is 18.8 Å². The molecule has 0 unspecified atom stereocenters. The van der Waals surface area contributed by atoms with Gasteiger partial charge in [-0.3, -0.25) is 14.4 Å². The van der Waals surface area contributed by atoms with Crippen molar-refractivity contribution in [1.29, 1.82) is 0 Å². The van der Waals surface area contributed by atoms with Crippen LogP contribution < -0.4 is 0 Å². The maximum atomic E-state index is 13.0. The molecule has 0 N–H and O–H groups in total. The highest BCUT2D eigenvalue weighted by Gasteiger charge is 2.53. The summed E-state index contributed by atoms with van der Waals surface area (Å²) in [5.41, 5.74) is 0. The summed E-state index contributed by atoms with van der Waals surface area (Å²) >= 11 is 0. The smallest absolute Gasteiger partial charge is 0.249 e. The molecule has 4 fully saturated rings. The first-order chi connectivity index (χ1) is 11.9. The van der Waals surface area contributed by atoms with Crippen molar-refractivity contribution < 1.29 is 27.9 Å². The number of fused-ring (bicyclic) bond motifs is 1. The number of halogens is 2. The first-order valence-electron chi connectivity index (χ1n) is 9.14. The van der Waals surface area contributed by atoms with Gasteiger partial charge in [0.2, 0.25) is 17.7 Å². The molecule has 4 aliphatic rings. The summed E-state index contributed by atoms with van der Waals surface area (Å²) in [6.45, 7) is 2.67. The number of carbonyl (C=O) groups is 2. The number of hydrogen-bond acceptors (Lipinski definition) is 4. The quantitative estimate of drug-likeness (QED) is 0.766. The van der Waals surface area contributed by atoms with E-state index in [4.69, 9.17) is 9.57 Å². The summed E-state index contributed by atoms with van der Waals surface area (Å²) < 4.78 is 31.8. The zero-order valence-corrected chi connectivity index (χ0v) is 14.2. The molecule has 6 nitrogen and oxygen atoms in total. The van der Waals surface area contributed by atoms with E-state index in [-0.39, 0.29) is 42.6 Å². The molecule has 1 aliphatic carbocycles. The van der Waals surface area contributed by atoms with E-state index in [9.17, 15) is 18.4 Å². The molecule has 25 heavy (non-hydrogen) atoms. The minimum atomic E-state index is -2.68. The van der Waals surface area contributed by atoms with Gasteiger partial charge in [0.15, 0.2) is 0 Å². The number of hydroxylamine groups is 2. The Morgan fingerprint density at radius 3 is 2.64 bits per heavy atom. The van der Waals surface area contributed by atoms with Gasteiger partial charge < -0.3 is 9.64 Å². The summed E-state index contributed by atoms with van der Waals surface area (Å²) in [4.78, 5) is 31.8. The van der Waals surface area contributed by atoms with Crippen molar-refractivity contribution in [1.82, 2.24) is 9.96 Å².